The molecule has 1 aliphatic heterocycles. The summed E-state index contributed by atoms with van der Waals surface area (Å²) in [5.74, 6) is 0.352. The highest BCUT2D eigenvalue weighted by Crippen LogP contribution is 2.34. The molecule has 0 saturated carbocycles. The third-order valence-electron chi connectivity index (χ3n) is 6.78. The molecule has 0 aliphatic carbocycles. The van der Waals surface area contributed by atoms with Crippen LogP contribution in [0.2, 0.25) is 0 Å². The van der Waals surface area contributed by atoms with Gasteiger partial charge in [-0.05, 0) is 72.7 Å². The summed E-state index contributed by atoms with van der Waals surface area (Å²) < 4.78 is 19.3. The van der Waals surface area contributed by atoms with Gasteiger partial charge in [0.25, 0.3) is 0 Å². The Kier molecular flexibility index (Phi) is 8.82. The van der Waals surface area contributed by atoms with Crippen LogP contribution in [0.25, 0.3) is 0 Å². The predicted octanol–water partition coefficient (Wildman–Crippen LogP) is 6.28. The van der Waals surface area contributed by atoms with Crippen LogP contribution in [0, 0.1) is 18.7 Å². The Labute approximate surface area is 222 Å². The van der Waals surface area contributed by atoms with Gasteiger partial charge in [-0.15, -0.1) is 11.3 Å². The molecule has 0 bridgehead atoms. The smallest absolute Gasteiger partial charge is 0.322 e. The fourth-order valence-corrected chi connectivity index (χ4v) is 5.33. The minimum absolute atomic E-state index is 0.0193. The zero-order chi connectivity index (χ0) is 26.4. The number of hydrogen-bond donors (Lipinski definition) is 1. The largest absolute Gasteiger partial charge is 0.491 e. The van der Waals surface area contributed by atoms with Gasteiger partial charge in [0.15, 0.2) is 0 Å². The molecule has 0 spiro atoms. The fraction of sp³-hybridized carbons (Fsp3) is 0.379. The summed E-state index contributed by atoms with van der Waals surface area (Å²) in [6.45, 7) is 7.42. The van der Waals surface area contributed by atoms with Gasteiger partial charge in [-0.25, -0.2) is 9.18 Å². The van der Waals surface area contributed by atoms with Crippen molar-refractivity contribution in [2.24, 2.45) is 5.92 Å². The molecule has 1 N–H and O–H groups in total. The second-order valence-electron chi connectivity index (χ2n) is 9.61. The SMILES string of the molecule is CC[C@H](C)CN(CC(=O)N1CCc2sccc2[C@H]1COc1ccc(F)cc1)C(=O)Nc1ccc(C)cc1. The summed E-state index contributed by atoms with van der Waals surface area (Å²) in [5, 5.41) is 4.98. The number of rotatable bonds is 9. The van der Waals surface area contributed by atoms with Gasteiger partial charge in [0.1, 0.15) is 24.7 Å². The van der Waals surface area contributed by atoms with E-state index in [0.29, 0.717) is 24.5 Å². The average molecular weight is 524 g/mol. The molecular formula is C29H34FN3O3S. The van der Waals surface area contributed by atoms with Gasteiger partial charge >= 0.3 is 6.03 Å². The van der Waals surface area contributed by atoms with Gasteiger partial charge < -0.3 is 19.9 Å². The number of hydrogen-bond acceptors (Lipinski definition) is 4. The Morgan fingerprint density at radius 1 is 1.16 bits per heavy atom. The molecule has 3 aromatic rings. The number of nitrogens with one attached hydrogen (secondary N) is 1. The number of ether oxygens (including phenoxy) is 1. The summed E-state index contributed by atoms with van der Waals surface area (Å²) >= 11 is 1.68. The van der Waals surface area contributed by atoms with Crippen LogP contribution in [0.3, 0.4) is 0 Å². The van der Waals surface area contributed by atoms with Crippen molar-refractivity contribution in [1.29, 1.82) is 0 Å². The zero-order valence-corrected chi connectivity index (χ0v) is 22.4. The van der Waals surface area contributed by atoms with Crippen LogP contribution in [-0.2, 0) is 11.2 Å². The van der Waals surface area contributed by atoms with Gasteiger partial charge in [0, 0.05) is 23.7 Å². The van der Waals surface area contributed by atoms with Gasteiger partial charge in [-0.2, -0.15) is 0 Å². The van der Waals surface area contributed by atoms with E-state index in [9.17, 15) is 14.0 Å². The van der Waals surface area contributed by atoms with Gasteiger partial charge in [-0.3, -0.25) is 4.79 Å². The van der Waals surface area contributed by atoms with Crippen LogP contribution in [0.4, 0.5) is 14.9 Å². The molecule has 2 heterocycles. The van der Waals surface area contributed by atoms with Gasteiger partial charge in [-0.1, -0.05) is 38.0 Å². The Hall–Kier alpha value is -3.39. The summed E-state index contributed by atoms with van der Waals surface area (Å²) in [7, 11) is 0. The lowest BCUT2D eigenvalue weighted by molar-refractivity contribution is -0.135. The maximum absolute atomic E-state index is 13.7. The number of carbonyl (C=O) groups is 2. The highest BCUT2D eigenvalue weighted by atomic mass is 32.1. The van der Waals surface area contributed by atoms with E-state index in [1.54, 1.807) is 28.4 Å². The predicted molar refractivity (Wildman–Crippen MR) is 146 cm³/mol. The van der Waals surface area contributed by atoms with Crippen molar-refractivity contribution in [1.82, 2.24) is 9.80 Å². The first-order valence-corrected chi connectivity index (χ1v) is 13.6. The quantitative estimate of drug-likeness (QED) is 0.359. The maximum Gasteiger partial charge on any atom is 0.322 e. The molecule has 196 valence electrons. The van der Waals surface area contributed by atoms with Crippen LogP contribution >= 0.6 is 11.3 Å². The highest BCUT2D eigenvalue weighted by molar-refractivity contribution is 7.10. The lowest BCUT2D eigenvalue weighted by atomic mass is 10.00. The van der Waals surface area contributed by atoms with E-state index < -0.39 is 0 Å². The molecule has 37 heavy (non-hydrogen) atoms. The number of benzene rings is 2. The van der Waals surface area contributed by atoms with Gasteiger partial charge in [0.05, 0.1) is 6.04 Å². The summed E-state index contributed by atoms with van der Waals surface area (Å²) in [4.78, 5) is 31.6. The molecular weight excluding hydrogens is 489 g/mol. The molecule has 2 atom stereocenters. The monoisotopic (exact) mass is 523 g/mol. The van der Waals surface area contributed by atoms with Crippen LogP contribution in [-0.4, -0.2) is 48.0 Å². The van der Waals surface area contributed by atoms with Crippen molar-refractivity contribution < 1.29 is 18.7 Å². The lowest BCUT2D eigenvalue weighted by Crippen LogP contribution is -2.49. The molecule has 0 radical (unpaired) electrons. The third-order valence-corrected chi connectivity index (χ3v) is 7.78. The number of thiophene rings is 1. The molecule has 4 rings (SSSR count). The van der Waals surface area contributed by atoms with E-state index in [2.05, 4.69) is 19.2 Å². The summed E-state index contributed by atoms with van der Waals surface area (Å²) in [5.41, 5.74) is 2.88. The minimum atomic E-state index is -0.327. The highest BCUT2D eigenvalue weighted by Gasteiger charge is 2.33. The Morgan fingerprint density at radius 3 is 2.59 bits per heavy atom. The first kappa shape index (κ1) is 26.7. The molecule has 3 amide bonds. The van der Waals surface area contributed by atoms with Crippen molar-refractivity contribution in [3.63, 3.8) is 0 Å². The number of anilines is 1. The maximum atomic E-state index is 13.7. The van der Waals surface area contributed by atoms with Crippen LogP contribution < -0.4 is 10.1 Å². The second-order valence-corrected chi connectivity index (χ2v) is 10.6. The Bertz CT molecular complexity index is 1200. The third kappa shape index (κ3) is 6.89. The van der Waals surface area contributed by atoms with E-state index in [1.807, 2.05) is 47.5 Å². The summed E-state index contributed by atoms with van der Waals surface area (Å²) in [6, 6.07) is 15.0. The van der Waals surface area contributed by atoms with E-state index in [1.165, 1.54) is 17.0 Å². The average Bonchev–Trinajstić information content (AvgIpc) is 3.38. The van der Waals surface area contributed by atoms with Crippen molar-refractivity contribution in [2.75, 3.05) is 31.6 Å². The molecule has 6 nitrogen and oxygen atoms in total. The first-order valence-electron chi connectivity index (χ1n) is 12.7. The number of carbonyl (C=O) groups excluding carboxylic acids is 2. The lowest BCUT2D eigenvalue weighted by Gasteiger charge is -2.37. The molecule has 0 unspecified atom stereocenters. The fourth-order valence-electron chi connectivity index (χ4n) is 4.40. The van der Waals surface area contributed by atoms with Crippen molar-refractivity contribution in [3.05, 3.63) is 81.8 Å². The van der Waals surface area contributed by atoms with E-state index in [4.69, 9.17) is 4.74 Å². The second kappa shape index (κ2) is 12.2. The molecule has 8 heteroatoms. The topological polar surface area (TPSA) is 61.9 Å². The van der Waals surface area contributed by atoms with Crippen LogP contribution in [0.15, 0.2) is 60.0 Å². The number of nitrogens with zero attached hydrogens (tertiary/aromatic N) is 2. The number of fused-ring (bicyclic) bond motifs is 1. The number of aryl methyl sites for hydroxylation is 1. The van der Waals surface area contributed by atoms with Crippen LogP contribution in [0.5, 0.6) is 5.75 Å². The Balaban J connectivity index is 1.50. The molecule has 0 fully saturated rings. The van der Waals surface area contributed by atoms with Gasteiger partial charge in [0.2, 0.25) is 5.91 Å². The van der Waals surface area contributed by atoms with Crippen LogP contribution in [0.1, 0.15) is 42.3 Å². The standard InChI is InChI=1S/C29H34FN3O3S/c1-4-20(2)17-32(29(35)31-23-9-5-21(3)6-10-23)18-28(34)33-15-13-27-25(14-16-37-27)26(33)19-36-24-11-7-22(30)8-12-24/h5-12,14,16,20,26H,4,13,15,17-19H2,1-3H3,(H,31,35)/t20-,26+/m0/s1. The molecule has 1 aromatic heterocycles. The van der Waals surface area contributed by atoms with Crippen molar-refractivity contribution >= 4 is 29.0 Å². The number of urea groups is 1. The van der Waals surface area contributed by atoms with E-state index >= 15 is 0 Å². The van der Waals surface area contributed by atoms with Crippen molar-refractivity contribution in [2.45, 2.75) is 39.7 Å². The number of halogens is 1. The minimum Gasteiger partial charge on any atom is -0.491 e. The number of amides is 3. The normalized spacial score (nSPS) is 15.6. The summed E-state index contributed by atoms with van der Waals surface area (Å²) in [6.07, 6.45) is 1.67. The van der Waals surface area contributed by atoms with E-state index in [0.717, 1.165) is 24.0 Å². The first-order chi connectivity index (χ1) is 17.8. The van der Waals surface area contributed by atoms with E-state index in [-0.39, 0.29) is 42.9 Å². The molecule has 2 aromatic carbocycles. The molecule has 0 saturated heterocycles. The Morgan fingerprint density at radius 2 is 1.89 bits per heavy atom. The van der Waals surface area contributed by atoms with Crippen molar-refractivity contribution in [3.8, 4) is 5.75 Å². The zero-order valence-electron chi connectivity index (χ0n) is 21.6. The molecule has 1 aliphatic rings.